The Labute approximate surface area is 120 Å². The molecular weight excluding hydrogens is 286 g/mol. The Balaban J connectivity index is 2.16. The van der Waals surface area contributed by atoms with Crippen molar-refractivity contribution in [1.29, 1.82) is 0 Å². The molecule has 1 amide bonds. The van der Waals surface area contributed by atoms with Crippen LogP contribution in [0.15, 0.2) is 6.20 Å². The van der Waals surface area contributed by atoms with E-state index >= 15 is 0 Å². The van der Waals surface area contributed by atoms with Crippen LogP contribution in [0.2, 0.25) is 5.28 Å². The van der Waals surface area contributed by atoms with Crippen LogP contribution in [0.1, 0.15) is 12.8 Å². The maximum absolute atomic E-state index is 11.6. The minimum absolute atomic E-state index is 0.000121. The maximum Gasteiger partial charge on any atom is 0.329 e. The van der Waals surface area contributed by atoms with E-state index in [1.807, 2.05) is 0 Å². The molecule has 0 saturated carbocycles. The van der Waals surface area contributed by atoms with E-state index in [0.29, 0.717) is 25.9 Å². The van der Waals surface area contributed by atoms with Gasteiger partial charge in [0.1, 0.15) is 6.20 Å². The number of carbonyl (C=O) groups is 1. The summed E-state index contributed by atoms with van der Waals surface area (Å²) in [6.07, 6.45) is 2.35. The predicted molar refractivity (Wildman–Crippen MR) is 72.7 cm³/mol. The van der Waals surface area contributed by atoms with Gasteiger partial charge in [-0.15, -0.1) is 0 Å². The summed E-state index contributed by atoms with van der Waals surface area (Å²) in [7, 11) is 1.60. The predicted octanol–water partition coefficient (Wildman–Crippen LogP) is 1.00. The number of rotatable bonds is 3. The minimum Gasteiger partial charge on any atom is -0.359 e. The molecule has 0 aromatic carbocycles. The molecule has 1 N–H and O–H groups in total. The number of nitrogens with one attached hydrogen (secondary N) is 1. The van der Waals surface area contributed by atoms with Crippen LogP contribution >= 0.6 is 11.6 Å². The molecule has 1 aromatic heterocycles. The van der Waals surface area contributed by atoms with Crippen LogP contribution in [0, 0.1) is 16.0 Å². The normalized spacial score (nSPS) is 16.0. The molecule has 0 bridgehead atoms. The third kappa shape index (κ3) is 2.96. The van der Waals surface area contributed by atoms with Crippen LogP contribution in [0.4, 0.5) is 11.5 Å². The van der Waals surface area contributed by atoms with Gasteiger partial charge in [-0.05, 0) is 24.4 Å². The number of piperidine rings is 1. The number of hydrogen-bond acceptors (Lipinski definition) is 6. The lowest BCUT2D eigenvalue weighted by Gasteiger charge is -2.31. The molecule has 1 aliphatic heterocycles. The van der Waals surface area contributed by atoms with Gasteiger partial charge in [0.15, 0.2) is 0 Å². The zero-order valence-corrected chi connectivity index (χ0v) is 11.6. The van der Waals surface area contributed by atoms with Crippen LogP contribution in [-0.4, -0.2) is 40.9 Å². The third-order valence-corrected chi connectivity index (χ3v) is 3.51. The molecule has 0 spiro atoms. The molecule has 108 valence electrons. The van der Waals surface area contributed by atoms with Crippen molar-refractivity contribution in [3.05, 3.63) is 21.6 Å². The lowest BCUT2D eigenvalue weighted by molar-refractivity contribution is -0.384. The first-order valence-corrected chi connectivity index (χ1v) is 6.54. The lowest BCUT2D eigenvalue weighted by Crippen LogP contribution is -2.40. The molecule has 20 heavy (non-hydrogen) atoms. The highest BCUT2D eigenvalue weighted by molar-refractivity contribution is 6.28. The summed E-state index contributed by atoms with van der Waals surface area (Å²) in [5, 5.41) is 13.6. The summed E-state index contributed by atoms with van der Waals surface area (Å²) in [6.45, 7) is 1.04. The number of amides is 1. The van der Waals surface area contributed by atoms with Crippen molar-refractivity contribution in [2.75, 3.05) is 25.0 Å². The number of nitro groups is 1. The zero-order chi connectivity index (χ0) is 14.7. The molecule has 0 atom stereocenters. The molecule has 1 saturated heterocycles. The number of carbonyl (C=O) groups excluding carboxylic acids is 1. The molecule has 2 rings (SSSR count). The van der Waals surface area contributed by atoms with Crippen molar-refractivity contribution in [3.8, 4) is 0 Å². The summed E-state index contributed by atoms with van der Waals surface area (Å²) >= 11 is 5.71. The number of hydrogen-bond donors (Lipinski definition) is 1. The fourth-order valence-electron chi connectivity index (χ4n) is 2.26. The van der Waals surface area contributed by atoms with Gasteiger partial charge >= 0.3 is 5.69 Å². The van der Waals surface area contributed by atoms with E-state index in [-0.39, 0.29) is 28.6 Å². The Morgan fingerprint density at radius 2 is 2.20 bits per heavy atom. The fourth-order valence-corrected chi connectivity index (χ4v) is 2.39. The summed E-state index contributed by atoms with van der Waals surface area (Å²) < 4.78 is 0. The molecule has 0 radical (unpaired) electrons. The van der Waals surface area contributed by atoms with Crippen molar-refractivity contribution >= 4 is 29.0 Å². The lowest BCUT2D eigenvalue weighted by atomic mass is 9.96. The van der Waals surface area contributed by atoms with Gasteiger partial charge in [-0.1, -0.05) is 0 Å². The summed E-state index contributed by atoms with van der Waals surface area (Å²) in [6, 6.07) is 0. The van der Waals surface area contributed by atoms with Gasteiger partial charge in [0, 0.05) is 26.1 Å². The second-order valence-electron chi connectivity index (χ2n) is 4.48. The maximum atomic E-state index is 11.6. The molecule has 0 aliphatic carbocycles. The first kappa shape index (κ1) is 14.4. The molecule has 9 heteroatoms. The van der Waals surface area contributed by atoms with Gasteiger partial charge < -0.3 is 10.2 Å². The number of halogens is 1. The topological polar surface area (TPSA) is 101 Å². The molecular formula is C11H14ClN5O3. The highest BCUT2D eigenvalue weighted by Gasteiger charge is 2.29. The van der Waals surface area contributed by atoms with E-state index < -0.39 is 4.92 Å². The van der Waals surface area contributed by atoms with Crippen LogP contribution in [0.25, 0.3) is 0 Å². The van der Waals surface area contributed by atoms with Crippen LogP contribution in [-0.2, 0) is 4.79 Å². The van der Waals surface area contributed by atoms with Crippen LogP contribution < -0.4 is 10.2 Å². The van der Waals surface area contributed by atoms with Gasteiger partial charge in [-0.25, -0.2) is 4.98 Å². The first-order valence-electron chi connectivity index (χ1n) is 6.16. The second kappa shape index (κ2) is 6.00. The minimum atomic E-state index is -0.531. The SMILES string of the molecule is CNC(=O)C1CCN(c2nc(Cl)ncc2[N+](=O)[O-])CC1. The van der Waals surface area contributed by atoms with Crippen LogP contribution in [0.5, 0.6) is 0 Å². The third-order valence-electron chi connectivity index (χ3n) is 3.33. The molecule has 2 heterocycles. The fraction of sp³-hybridized carbons (Fsp3) is 0.545. The first-order chi connectivity index (χ1) is 9.52. The van der Waals surface area contributed by atoms with E-state index in [4.69, 9.17) is 11.6 Å². The zero-order valence-electron chi connectivity index (χ0n) is 10.9. The van der Waals surface area contributed by atoms with Gasteiger partial charge in [0.05, 0.1) is 4.92 Å². The average molecular weight is 300 g/mol. The quantitative estimate of drug-likeness (QED) is 0.507. The standard InChI is InChI=1S/C11H14ClN5O3/c1-13-10(18)7-2-4-16(5-3-7)9-8(17(19)20)6-14-11(12)15-9/h6-7H,2-5H2,1H3,(H,13,18). The Morgan fingerprint density at radius 1 is 1.55 bits per heavy atom. The van der Waals surface area contributed by atoms with Gasteiger partial charge in [-0.3, -0.25) is 14.9 Å². The summed E-state index contributed by atoms with van der Waals surface area (Å²) in [5.74, 6) is 0.151. The Bertz CT molecular complexity index is 531. The Hall–Kier alpha value is -1.96. The van der Waals surface area contributed by atoms with Crippen molar-refractivity contribution in [1.82, 2.24) is 15.3 Å². The number of aromatic nitrogens is 2. The molecule has 0 unspecified atom stereocenters. The van der Waals surface area contributed by atoms with Gasteiger partial charge in [-0.2, -0.15) is 4.98 Å². The highest BCUT2D eigenvalue weighted by Crippen LogP contribution is 2.29. The number of nitrogens with zero attached hydrogens (tertiary/aromatic N) is 4. The van der Waals surface area contributed by atoms with E-state index in [2.05, 4.69) is 15.3 Å². The summed E-state index contributed by atoms with van der Waals surface area (Å²) in [4.78, 5) is 31.4. The van der Waals surface area contributed by atoms with Gasteiger partial charge in [0.2, 0.25) is 17.0 Å². The smallest absolute Gasteiger partial charge is 0.329 e. The largest absolute Gasteiger partial charge is 0.359 e. The molecule has 1 aromatic rings. The second-order valence-corrected chi connectivity index (χ2v) is 4.82. The Morgan fingerprint density at radius 3 is 2.75 bits per heavy atom. The molecule has 8 nitrogen and oxygen atoms in total. The van der Waals surface area contributed by atoms with Crippen molar-refractivity contribution in [2.24, 2.45) is 5.92 Å². The highest BCUT2D eigenvalue weighted by atomic mass is 35.5. The van der Waals surface area contributed by atoms with E-state index in [9.17, 15) is 14.9 Å². The molecule has 1 aliphatic rings. The Kier molecular flexibility index (Phi) is 4.33. The van der Waals surface area contributed by atoms with Gasteiger partial charge in [0.25, 0.3) is 0 Å². The van der Waals surface area contributed by atoms with E-state index in [1.54, 1.807) is 11.9 Å². The van der Waals surface area contributed by atoms with Crippen molar-refractivity contribution < 1.29 is 9.72 Å². The van der Waals surface area contributed by atoms with Crippen molar-refractivity contribution in [2.45, 2.75) is 12.8 Å². The average Bonchev–Trinajstić information content (AvgIpc) is 2.46. The van der Waals surface area contributed by atoms with Crippen molar-refractivity contribution in [3.63, 3.8) is 0 Å². The molecule has 1 fully saturated rings. The monoisotopic (exact) mass is 299 g/mol. The number of anilines is 1. The van der Waals surface area contributed by atoms with Crippen LogP contribution in [0.3, 0.4) is 0 Å². The summed E-state index contributed by atoms with van der Waals surface area (Å²) in [5.41, 5.74) is -0.173. The van der Waals surface area contributed by atoms with E-state index in [0.717, 1.165) is 6.20 Å². The van der Waals surface area contributed by atoms with E-state index in [1.165, 1.54) is 0 Å².